The number of hydrogen-bond donors (Lipinski definition) is 1. The van der Waals surface area contributed by atoms with Crippen LogP contribution in [-0.2, 0) is 0 Å². The average Bonchev–Trinajstić information content (AvgIpc) is 2.48. The summed E-state index contributed by atoms with van der Waals surface area (Å²) in [6, 6.07) is 0. The molecule has 0 spiro atoms. The third-order valence-corrected chi connectivity index (χ3v) is 4.10. The number of rotatable bonds is 2. The van der Waals surface area contributed by atoms with Crippen LogP contribution in [0.3, 0.4) is 0 Å². The predicted molar refractivity (Wildman–Crippen MR) is 61.4 cm³/mol. The Labute approximate surface area is 88.7 Å². The zero-order chi connectivity index (χ0) is 9.64. The third kappa shape index (κ3) is 3.27. The highest BCUT2D eigenvalue weighted by Crippen LogP contribution is 2.30. The Morgan fingerprint density at radius 1 is 0.714 bits per heavy atom. The molecule has 1 N–H and O–H groups in total. The maximum Gasteiger partial charge on any atom is -0.00463 e. The maximum absolute atomic E-state index is 3.46. The fourth-order valence-corrected chi connectivity index (χ4v) is 3.19. The highest BCUT2D eigenvalue weighted by Gasteiger charge is 2.19. The topological polar surface area (TPSA) is 12.0 Å². The van der Waals surface area contributed by atoms with Gasteiger partial charge in [0.25, 0.3) is 0 Å². The van der Waals surface area contributed by atoms with Crippen molar-refractivity contribution in [2.45, 2.75) is 57.8 Å². The van der Waals surface area contributed by atoms with Gasteiger partial charge in [-0.1, -0.05) is 38.5 Å². The van der Waals surface area contributed by atoms with Crippen molar-refractivity contribution in [1.29, 1.82) is 0 Å². The lowest BCUT2D eigenvalue weighted by Gasteiger charge is -2.26. The molecule has 0 aromatic rings. The van der Waals surface area contributed by atoms with Crippen LogP contribution in [0, 0.1) is 11.8 Å². The molecule has 1 heteroatoms. The first-order valence-electron chi connectivity index (χ1n) is 6.66. The Morgan fingerprint density at radius 3 is 1.93 bits per heavy atom. The zero-order valence-electron chi connectivity index (χ0n) is 9.43. The molecule has 1 saturated heterocycles. The van der Waals surface area contributed by atoms with Gasteiger partial charge in [0, 0.05) is 0 Å². The van der Waals surface area contributed by atoms with Gasteiger partial charge in [0.2, 0.25) is 0 Å². The predicted octanol–water partition coefficient (Wildman–Crippen LogP) is 3.35. The summed E-state index contributed by atoms with van der Waals surface area (Å²) in [5.74, 6) is 2.14. The smallest absolute Gasteiger partial charge is 0.00463 e. The average molecular weight is 195 g/mol. The van der Waals surface area contributed by atoms with Crippen molar-refractivity contribution in [3.05, 3.63) is 0 Å². The quantitative estimate of drug-likeness (QED) is 0.666. The first kappa shape index (κ1) is 10.5. The molecule has 82 valence electrons. The van der Waals surface area contributed by atoms with Gasteiger partial charge in [-0.25, -0.2) is 0 Å². The van der Waals surface area contributed by atoms with Gasteiger partial charge in [0.05, 0.1) is 0 Å². The Balaban J connectivity index is 1.71. The number of piperidine rings is 1. The molecule has 0 atom stereocenters. The lowest BCUT2D eigenvalue weighted by Crippen LogP contribution is -2.28. The van der Waals surface area contributed by atoms with Crippen molar-refractivity contribution in [1.82, 2.24) is 5.32 Å². The first-order valence-corrected chi connectivity index (χ1v) is 6.66. The Kier molecular flexibility index (Phi) is 4.30. The lowest BCUT2D eigenvalue weighted by atomic mass is 9.84. The maximum atomic E-state index is 3.46. The molecule has 1 aliphatic carbocycles. The summed E-state index contributed by atoms with van der Waals surface area (Å²) >= 11 is 0. The number of hydrogen-bond acceptors (Lipinski definition) is 1. The van der Waals surface area contributed by atoms with E-state index in [1.165, 1.54) is 64.5 Å². The van der Waals surface area contributed by atoms with E-state index in [-0.39, 0.29) is 0 Å². The molecule has 0 radical (unpaired) electrons. The van der Waals surface area contributed by atoms with E-state index in [0.29, 0.717) is 0 Å². The molecule has 0 amide bonds. The molecule has 0 aromatic carbocycles. The summed E-state index contributed by atoms with van der Waals surface area (Å²) in [5, 5.41) is 3.46. The van der Waals surface area contributed by atoms with Gasteiger partial charge in [-0.2, -0.15) is 0 Å². The van der Waals surface area contributed by atoms with E-state index in [4.69, 9.17) is 0 Å². The summed E-state index contributed by atoms with van der Waals surface area (Å²) < 4.78 is 0. The highest BCUT2D eigenvalue weighted by molar-refractivity contribution is 4.73. The van der Waals surface area contributed by atoms with Gasteiger partial charge >= 0.3 is 0 Å². The largest absolute Gasteiger partial charge is 0.317 e. The van der Waals surface area contributed by atoms with Gasteiger partial charge in [-0.3, -0.25) is 0 Å². The SMILES string of the molecule is C1CCCC(CC2CCNCC2)CC1. The molecule has 1 saturated carbocycles. The summed E-state index contributed by atoms with van der Waals surface area (Å²) in [4.78, 5) is 0. The molecule has 2 fully saturated rings. The Morgan fingerprint density at radius 2 is 1.29 bits per heavy atom. The second-order valence-electron chi connectivity index (χ2n) is 5.29. The number of nitrogens with one attached hydrogen (secondary N) is 1. The van der Waals surface area contributed by atoms with Crippen molar-refractivity contribution < 1.29 is 0 Å². The second-order valence-corrected chi connectivity index (χ2v) is 5.29. The molecule has 0 aromatic heterocycles. The summed E-state index contributed by atoms with van der Waals surface area (Å²) in [7, 11) is 0. The third-order valence-electron chi connectivity index (χ3n) is 4.10. The van der Waals surface area contributed by atoms with Crippen LogP contribution in [0.2, 0.25) is 0 Å². The molecule has 2 aliphatic rings. The minimum absolute atomic E-state index is 1.05. The summed E-state index contributed by atoms with van der Waals surface area (Å²) in [6.07, 6.45) is 13.5. The monoisotopic (exact) mass is 195 g/mol. The van der Waals surface area contributed by atoms with Gasteiger partial charge < -0.3 is 5.32 Å². The van der Waals surface area contributed by atoms with E-state index in [0.717, 1.165) is 11.8 Å². The van der Waals surface area contributed by atoms with Gasteiger partial charge in [-0.05, 0) is 44.2 Å². The minimum atomic E-state index is 1.05. The first-order chi connectivity index (χ1) is 6.95. The normalized spacial score (nSPS) is 27.4. The second kappa shape index (κ2) is 5.75. The van der Waals surface area contributed by atoms with E-state index in [1.807, 2.05) is 0 Å². The van der Waals surface area contributed by atoms with Crippen molar-refractivity contribution >= 4 is 0 Å². The fraction of sp³-hybridized carbons (Fsp3) is 1.00. The van der Waals surface area contributed by atoms with E-state index >= 15 is 0 Å². The molecular formula is C13H25N. The van der Waals surface area contributed by atoms with E-state index in [9.17, 15) is 0 Å². The molecule has 0 bridgehead atoms. The minimum Gasteiger partial charge on any atom is -0.317 e. The molecule has 2 rings (SSSR count). The Bertz CT molecular complexity index is 141. The summed E-state index contributed by atoms with van der Waals surface area (Å²) in [6.45, 7) is 2.55. The fourth-order valence-electron chi connectivity index (χ4n) is 3.19. The molecule has 0 unspecified atom stereocenters. The Hall–Kier alpha value is -0.0400. The van der Waals surface area contributed by atoms with Crippen LogP contribution in [0.25, 0.3) is 0 Å². The van der Waals surface area contributed by atoms with Crippen molar-refractivity contribution in [3.8, 4) is 0 Å². The van der Waals surface area contributed by atoms with Crippen LogP contribution in [0.15, 0.2) is 0 Å². The standard InChI is InChI=1S/C13H25N/c1-2-4-6-12(5-3-1)11-13-7-9-14-10-8-13/h12-14H,1-11H2. The van der Waals surface area contributed by atoms with Crippen LogP contribution in [0.5, 0.6) is 0 Å². The van der Waals surface area contributed by atoms with Gasteiger partial charge in [0.1, 0.15) is 0 Å². The molecule has 14 heavy (non-hydrogen) atoms. The lowest BCUT2D eigenvalue weighted by molar-refractivity contribution is 0.281. The summed E-state index contributed by atoms with van der Waals surface area (Å²) in [5.41, 5.74) is 0. The van der Waals surface area contributed by atoms with E-state index in [2.05, 4.69) is 5.32 Å². The highest BCUT2D eigenvalue weighted by atomic mass is 14.9. The van der Waals surface area contributed by atoms with Crippen molar-refractivity contribution in [2.24, 2.45) is 11.8 Å². The van der Waals surface area contributed by atoms with Crippen molar-refractivity contribution in [2.75, 3.05) is 13.1 Å². The van der Waals surface area contributed by atoms with Crippen LogP contribution < -0.4 is 5.32 Å². The van der Waals surface area contributed by atoms with Crippen molar-refractivity contribution in [3.63, 3.8) is 0 Å². The van der Waals surface area contributed by atoms with Crippen LogP contribution in [-0.4, -0.2) is 13.1 Å². The molecule has 1 aliphatic heterocycles. The van der Waals surface area contributed by atoms with Crippen LogP contribution in [0.1, 0.15) is 57.8 Å². The van der Waals surface area contributed by atoms with E-state index in [1.54, 1.807) is 6.42 Å². The van der Waals surface area contributed by atoms with Gasteiger partial charge in [-0.15, -0.1) is 0 Å². The molecular weight excluding hydrogens is 170 g/mol. The zero-order valence-corrected chi connectivity index (χ0v) is 9.43. The molecule has 1 nitrogen and oxygen atoms in total. The van der Waals surface area contributed by atoms with E-state index < -0.39 is 0 Å². The van der Waals surface area contributed by atoms with Crippen LogP contribution >= 0.6 is 0 Å². The van der Waals surface area contributed by atoms with Crippen LogP contribution in [0.4, 0.5) is 0 Å². The van der Waals surface area contributed by atoms with Gasteiger partial charge in [0.15, 0.2) is 0 Å². The molecule has 1 heterocycles.